The maximum absolute atomic E-state index is 11.1. The lowest BCUT2D eigenvalue weighted by Crippen LogP contribution is -2.21. The Morgan fingerprint density at radius 2 is 2.27 bits per heavy atom. The summed E-state index contributed by atoms with van der Waals surface area (Å²) in [6, 6.07) is 5.22. The van der Waals surface area contributed by atoms with Crippen LogP contribution in [0.15, 0.2) is 24.4 Å². The average Bonchev–Trinajstić information content (AvgIpc) is 2.14. The molecule has 1 aromatic rings. The van der Waals surface area contributed by atoms with Crippen LogP contribution in [-0.2, 0) is 4.79 Å². The second-order valence-corrected chi connectivity index (χ2v) is 5.89. The van der Waals surface area contributed by atoms with Gasteiger partial charge < -0.3 is 5.11 Å². The van der Waals surface area contributed by atoms with E-state index in [-0.39, 0.29) is 0 Å². The molecule has 0 saturated carbocycles. The number of aliphatic carboxylic acids is 1. The highest BCUT2D eigenvalue weighted by Crippen LogP contribution is 2.32. The van der Waals surface area contributed by atoms with Crippen molar-refractivity contribution < 1.29 is 9.90 Å². The van der Waals surface area contributed by atoms with Crippen LogP contribution in [0.4, 0.5) is 0 Å². The van der Waals surface area contributed by atoms with E-state index in [1.165, 1.54) is 0 Å². The van der Waals surface area contributed by atoms with E-state index in [0.717, 1.165) is 0 Å². The number of hydrogen-bond acceptors (Lipinski definition) is 4. The maximum atomic E-state index is 11.1. The molecular weight excluding hydrogens is 230 g/mol. The summed E-state index contributed by atoms with van der Waals surface area (Å²) < 4.78 is -0.624. The number of carboxylic acid groups (broad SMARTS) is 1. The Bertz CT molecular complexity index is 335. The molecule has 0 fully saturated rings. The summed E-state index contributed by atoms with van der Waals surface area (Å²) in [7, 11) is 0. The van der Waals surface area contributed by atoms with Gasteiger partial charge in [-0.2, -0.15) is 25.3 Å². The number of nitrogens with zero attached hydrogens (tertiary/aromatic N) is 1. The van der Waals surface area contributed by atoms with Gasteiger partial charge in [-0.15, -0.1) is 0 Å². The van der Waals surface area contributed by atoms with Crippen LogP contribution in [-0.4, -0.2) is 20.1 Å². The number of thiol groups is 2. The minimum atomic E-state index is -0.900. The van der Waals surface area contributed by atoms with E-state index >= 15 is 0 Å². The number of hydrogen-bond donors (Lipinski definition) is 3. The Balaban J connectivity index is 2.90. The van der Waals surface area contributed by atoms with Gasteiger partial charge in [0, 0.05) is 6.20 Å². The van der Waals surface area contributed by atoms with Crippen molar-refractivity contribution in [2.24, 2.45) is 0 Å². The fourth-order valence-corrected chi connectivity index (χ4v) is 1.65. The highest BCUT2D eigenvalue weighted by molar-refractivity contribution is 8.00. The minimum Gasteiger partial charge on any atom is -0.481 e. The summed E-state index contributed by atoms with van der Waals surface area (Å²) in [5.41, 5.74) is 0.541. The van der Waals surface area contributed by atoms with Gasteiger partial charge in [-0.05, 0) is 25.5 Å². The van der Waals surface area contributed by atoms with Crippen LogP contribution in [0, 0.1) is 0 Å². The molecule has 0 bridgehead atoms. The number of rotatable bonds is 4. The van der Waals surface area contributed by atoms with Crippen molar-refractivity contribution in [2.75, 3.05) is 0 Å². The first-order chi connectivity index (χ1) is 6.90. The molecule has 1 heterocycles. The zero-order valence-electron chi connectivity index (χ0n) is 8.29. The predicted octanol–water partition coefficient (Wildman–Crippen LogP) is 2.22. The number of carboxylic acids is 1. The van der Waals surface area contributed by atoms with Crippen LogP contribution in [0.3, 0.4) is 0 Å². The predicted molar refractivity (Wildman–Crippen MR) is 65.6 cm³/mol. The number of aromatic nitrogens is 1. The van der Waals surface area contributed by atoms with Crippen LogP contribution in [0.5, 0.6) is 0 Å². The largest absolute Gasteiger partial charge is 0.481 e. The highest BCUT2D eigenvalue weighted by atomic mass is 32.2. The molecule has 3 nitrogen and oxygen atoms in total. The molecule has 1 aromatic heterocycles. The molecule has 0 aromatic carbocycles. The molecule has 82 valence electrons. The van der Waals surface area contributed by atoms with Crippen molar-refractivity contribution in [3.63, 3.8) is 0 Å². The third-order valence-corrected chi connectivity index (χ3v) is 2.30. The molecule has 0 aliphatic heterocycles. The summed E-state index contributed by atoms with van der Waals surface area (Å²) in [6.45, 7) is 1.76. The highest BCUT2D eigenvalue weighted by Gasteiger charge is 2.28. The third-order valence-electron chi connectivity index (χ3n) is 1.93. The van der Waals surface area contributed by atoms with Gasteiger partial charge in [-0.3, -0.25) is 9.78 Å². The molecule has 0 spiro atoms. The quantitative estimate of drug-likeness (QED) is 0.561. The van der Waals surface area contributed by atoms with Crippen molar-refractivity contribution in [2.45, 2.75) is 23.3 Å². The van der Waals surface area contributed by atoms with Gasteiger partial charge in [0.2, 0.25) is 0 Å². The van der Waals surface area contributed by atoms with Gasteiger partial charge in [0.05, 0.1) is 9.77 Å². The first-order valence-electron chi connectivity index (χ1n) is 4.48. The van der Waals surface area contributed by atoms with Crippen LogP contribution in [0.25, 0.3) is 0 Å². The van der Waals surface area contributed by atoms with Crippen molar-refractivity contribution >= 4 is 31.2 Å². The van der Waals surface area contributed by atoms with Crippen molar-refractivity contribution in [1.29, 1.82) is 0 Å². The fourth-order valence-electron chi connectivity index (χ4n) is 1.29. The molecule has 15 heavy (non-hydrogen) atoms. The smallest absolute Gasteiger partial charge is 0.312 e. The van der Waals surface area contributed by atoms with Gasteiger partial charge in [0.1, 0.15) is 5.92 Å². The van der Waals surface area contributed by atoms with Gasteiger partial charge >= 0.3 is 5.97 Å². The fraction of sp³-hybridized carbons (Fsp3) is 0.400. The molecule has 0 radical (unpaired) electrons. The Hall–Kier alpha value is -0.680. The summed E-state index contributed by atoms with van der Waals surface area (Å²) in [6.07, 6.45) is 1.91. The van der Waals surface area contributed by atoms with E-state index in [0.29, 0.717) is 12.1 Å². The third kappa shape index (κ3) is 4.13. The topological polar surface area (TPSA) is 50.2 Å². The Morgan fingerprint density at radius 1 is 1.60 bits per heavy atom. The number of carbonyl (C=O) groups is 1. The molecule has 0 aliphatic carbocycles. The molecule has 0 aliphatic rings. The zero-order chi connectivity index (χ0) is 11.5. The second kappa shape index (κ2) is 4.90. The first kappa shape index (κ1) is 12.4. The average molecular weight is 243 g/mol. The Kier molecular flexibility index (Phi) is 4.04. The van der Waals surface area contributed by atoms with Gasteiger partial charge in [0.15, 0.2) is 0 Å². The molecule has 1 N–H and O–H groups in total. The van der Waals surface area contributed by atoms with Crippen molar-refractivity contribution in [3.05, 3.63) is 30.1 Å². The van der Waals surface area contributed by atoms with Crippen LogP contribution >= 0.6 is 25.3 Å². The van der Waals surface area contributed by atoms with Crippen molar-refractivity contribution in [1.82, 2.24) is 4.98 Å². The van der Waals surface area contributed by atoms with Crippen LogP contribution < -0.4 is 0 Å². The molecule has 1 unspecified atom stereocenters. The molecule has 1 atom stereocenters. The van der Waals surface area contributed by atoms with Crippen LogP contribution in [0.1, 0.15) is 25.0 Å². The lowest BCUT2D eigenvalue weighted by Gasteiger charge is -2.21. The molecule has 0 saturated heterocycles. The lowest BCUT2D eigenvalue weighted by atomic mass is 9.99. The van der Waals surface area contributed by atoms with Crippen molar-refractivity contribution in [3.8, 4) is 0 Å². The standard InChI is InChI=1S/C10H13NO2S2/c1-10(14,15)6-7(9(12)13)8-4-2-3-5-11-8/h2-5,7,14-15H,6H2,1H3,(H,12,13). The zero-order valence-corrected chi connectivity index (χ0v) is 10.1. The monoisotopic (exact) mass is 243 g/mol. The molecule has 1 rings (SSSR count). The summed E-state index contributed by atoms with van der Waals surface area (Å²) >= 11 is 8.42. The van der Waals surface area contributed by atoms with Gasteiger partial charge in [0.25, 0.3) is 0 Å². The summed E-state index contributed by atoms with van der Waals surface area (Å²) in [4.78, 5) is 15.1. The van der Waals surface area contributed by atoms with E-state index in [9.17, 15) is 4.79 Å². The minimum absolute atomic E-state index is 0.325. The second-order valence-electron chi connectivity index (χ2n) is 3.57. The van der Waals surface area contributed by atoms with E-state index in [1.807, 2.05) is 0 Å². The van der Waals surface area contributed by atoms with E-state index in [1.54, 1.807) is 31.3 Å². The molecule has 0 amide bonds. The molecule has 5 heteroatoms. The van der Waals surface area contributed by atoms with Gasteiger partial charge in [-0.25, -0.2) is 0 Å². The van der Waals surface area contributed by atoms with E-state index in [4.69, 9.17) is 5.11 Å². The Labute approximate surface area is 99.7 Å². The maximum Gasteiger partial charge on any atom is 0.312 e. The Morgan fingerprint density at radius 3 is 2.67 bits per heavy atom. The normalized spacial score (nSPS) is 13.5. The first-order valence-corrected chi connectivity index (χ1v) is 5.38. The van der Waals surface area contributed by atoms with Gasteiger partial charge in [-0.1, -0.05) is 6.07 Å². The number of pyridine rings is 1. The summed E-state index contributed by atoms with van der Waals surface area (Å²) in [5, 5.41) is 9.08. The molecular formula is C10H13NO2S2. The van der Waals surface area contributed by atoms with E-state index in [2.05, 4.69) is 30.2 Å². The van der Waals surface area contributed by atoms with E-state index < -0.39 is 16.0 Å². The summed E-state index contributed by atoms with van der Waals surface area (Å²) in [5.74, 6) is -1.56. The lowest BCUT2D eigenvalue weighted by molar-refractivity contribution is -0.139. The SMILES string of the molecule is CC(S)(S)CC(C(=O)O)c1ccccn1. The van der Waals surface area contributed by atoms with Crippen LogP contribution in [0.2, 0.25) is 0 Å².